The second-order valence-corrected chi connectivity index (χ2v) is 4.11. The van der Waals surface area contributed by atoms with E-state index in [0.717, 1.165) is 0 Å². The van der Waals surface area contributed by atoms with Crippen LogP contribution in [0.15, 0.2) is 23.8 Å². The average molecular weight is 206 g/mol. The van der Waals surface area contributed by atoms with Gasteiger partial charge in [0.1, 0.15) is 6.04 Å². The summed E-state index contributed by atoms with van der Waals surface area (Å²) in [5.74, 6) is -0.986. The maximum Gasteiger partial charge on any atom is 0.320 e. The summed E-state index contributed by atoms with van der Waals surface area (Å²) >= 11 is 0. The van der Waals surface area contributed by atoms with Crippen LogP contribution in [-0.2, 0) is 4.79 Å². The minimum atomic E-state index is -0.986. The van der Waals surface area contributed by atoms with E-state index in [0.29, 0.717) is 18.4 Å². The Balaban J connectivity index is 2.66. The monoisotopic (exact) mass is 206 g/mol. The second kappa shape index (κ2) is 4.28. The lowest BCUT2D eigenvalue weighted by Gasteiger charge is -2.28. The van der Waals surface area contributed by atoms with Crippen LogP contribution >= 0.6 is 0 Å². The van der Waals surface area contributed by atoms with Gasteiger partial charge in [-0.2, -0.15) is 5.26 Å². The highest BCUT2D eigenvalue weighted by Crippen LogP contribution is 2.33. The van der Waals surface area contributed by atoms with E-state index in [1.165, 1.54) is 0 Å². The van der Waals surface area contributed by atoms with Gasteiger partial charge >= 0.3 is 5.97 Å². The van der Waals surface area contributed by atoms with E-state index < -0.39 is 12.0 Å². The molecule has 0 saturated heterocycles. The predicted octanol–water partition coefficient (Wildman–Crippen LogP) is 1.20. The van der Waals surface area contributed by atoms with Gasteiger partial charge in [0.05, 0.1) is 6.07 Å². The van der Waals surface area contributed by atoms with Gasteiger partial charge in [-0.15, -0.1) is 0 Å². The predicted molar refractivity (Wildman–Crippen MR) is 55.8 cm³/mol. The van der Waals surface area contributed by atoms with E-state index in [-0.39, 0.29) is 5.41 Å². The van der Waals surface area contributed by atoms with Crippen molar-refractivity contribution in [2.24, 2.45) is 11.1 Å². The lowest BCUT2D eigenvalue weighted by molar-refractivity contribution is -0.139. The van der Waals surface area contributed by atoms with Gasteiger partial charge < -0.3 is 10.8 Å². The van der Waals surface area contributed by atoms with Crippen molar-refractivity contribution in [3.8, 4) is 6.07 Å². The fourth-order valence-corrected chi connectivity index (χ4v) is 1.59. The number of hydrogen-bond donors (Lipinski definition) is 2. The third kappa shape index (κ3) is 2.93. The molecule has 0 aromatic heterocycles. The zero-order valence-corrected chi connectivity index (χ0v) is 8.60. The van der Waals surface area contributed by atoms with Crippen molar-refractivity contribution in [1.82, 2.24) is 0 Å². The van der Waals surface area contributed by atoms with Gasteiger partial charge in [0.15, 0.2) is 0 Å². The molecule has 1 aliphatic carbocycles. The van der Waals surface area contributed by atoms with E-state index in [2.05, 4.69) is 0 Å². The van der Waals surface area contributed by atoms with Gasteiger partial charge in [-0.25, -0.2) is 0 Å². The molecule has 0 fully saturated rings. The third-order valence-corrected chi connectivity index (χ3v) is 2.59. The molecule has 0 aromatic carbocycles. The van der Waals surface area contributed by atoms with Crippen molar-refractivity contribution in [2.45, 2.75) is 25.8 Å². The molecule has 0 bridgehead atoms. The first-order chi connectivity index (χ1) is 6.97. The molecule has 3 N–H and O–H groups in total. The number of carbonyl (C=O) groups is 1. The first kappa shape index (κ1) is 11.5. The molecule has 1 unspecified atom stereocenters. The number of carboxylic acids is 1. The van der Waals surface area contributed by atoms with Crippen molar-refractivity contribution in [1.29, 1.82) is 5.26 Å². The standard InChI is InChI=1S/C11H14N2O2/c1-11(6-9(13)10(14)15)4-2-8(7-12)3-5-11/h2-4,9H,5-6,13H2,1H3,(H,14,15)/t9-,11?/m1/s1. The molecule has 15 heavy (non-hydrogen) atoms. The van der Waals surface area contributed by atoms with E-state index in [1.807, 2.05) is 25.1 Å². The van der Waals surface area contributed by atoms with Crippen molar-refractivity contribution in [3.05, 3.63) is 23.8 Å². The summed E-state index contributed by atoms with van der Waals surface area (Å²) in [5, 5.41) is 17.4. The summed E-state index contributed by atoms with van der Waals surface area (Å²) in [5.41, 5.74) is 5.85. The summed E-state index contributed by atoms with van der Waals surface area (Å²) in [6.07, 6.45) is 6.45. The Hall–Kier alpha value is -1.60. The lowest BCUT2D eigenvalue weighted by Crippen LogP contribution is -2.35. The first-order valence-electron chi connectivity index (χ1n) is 4.75. The van der Waals surface area contributed by atoms with Crippen LogP contribution in [-0.4, -0.2) is 17.1 Å². The fraction of sp³-hybridized carbons (Fsp3) is 0.455. The Morgan fingerprint density at radius 3 is 2.93 bits per heavy atom. The molecule has 80 valence electrons. The normalized spacial score (nSPS) is 26.6. The summed E-state index contributed by atoms with van der Waals surface area (Å²) in [7, 11) is 0. The Bertz CT molecular complexity index is 365. The molecule has 0 radical (unpaired) electrons. The summed E-state index contributed by atoms with van der Waals surface area (Å²) in [4.78, 5) is 10.6. The van der Waals surface area contributed by atoms with E-state index in [4.69, 9.17) is 16.1 Å². The van der Waals surface area contributed by atoms with Crippen LogP contribution in [0.2, 0.25) is 0 Å². The van der Waals surface area contributed by atoms with E-state index in [1.54, 1.807) is 6.08 Å². The van der Waals surface area contributed by atoms with Crippen LogP contribution in [0, 0.1) is 16.7 Å². The largest absolute Gasteiger partial charge is 0.480 e. The molecule has 1 rings (SSSR count). The van der Waals surface area contributed by atoms with Gasteiger partial charge in [0.25, 0.3) is 0 Å². The number of nitrogens with zero attached hydrogens (tertiary/aromatic N) is 1. The van der Waals surface area contributed by atoms with Crippen LogP contribution in [0.25, 0.3) is 0 Å². The summed E-state index contributed by atoms with van der Waals surface area (Å²) < 4.78 is 0. The van der Waals surface area contributed by atoms with E-state index in [9.17, 15) is 4.79 Å². The topological polar surface area (TPSA) is 87.1 Å². The molecule has 2 atom stereocenters. The second-order valence-electron chi connectivity index (χ2n) is 4.11. The van der Waals surface area contributed by atoms with Crippen LogP contribution in [0.1, 0.15) is 19.8 Å². The van der Waals surface area contributed by atoms with Crippen molar-refractivity contribution >= 4 is 5.97 Å². The molecule has 4 nitrogen and oxygen atoms in total. The number of aliphatic carboxylic acids is 1. The molecule has 4 heteroatoms. The molecular weight excluding hydrogens is 192 g/mol. The molecule has 0 aliphatic heterocycles. The number of rotatable bonds is 3. The fourth-order valence-electron chi connectivity index (χ4n) is 1.59. The first-order valence-corrected chi connectivity index (χ1v) is 4.75. The highest BCUT2D eigenvalue weighted by molar-refractivity contribution is 5.73. The van der Waals surface area contributed by atoms with Crippen molar-refractivity contribution in [2.75, 3.05) is 0 Å². The van der Waals surface area contributed by atoms with Gasteiger partial charge in [-0.05, 0) is 24.3 Å². The van der Waals surface area contributed by atoms with Crippen molar-refractivity contribution in [3.63, 3.8) is 0 Å². The minimum Gasteiger partial charge on any atom is -0.480 e. The Kier molecular flexibility index (Phi) is 3.28. The van der Waals surface area contributed by atoms with Crippen LogP contribution < -0.4 is 5.73 Å². The lowest BCUT2D eigenvalue weighted by atomic mass is 9.77. The van der Waals surface area contributed by atoms with Crippen molar-refractivity contribution < 1.29 is 9.90 Å². The maximum atomic E-state index is 10.6. The van der Waals surface area contributed by atoms with E-state index >= 15 is 0 Å². The number of hydrogen-bond acceptors (Lipinski definition) is 3. The molecule has 0 heterocycles. The third-order valence-electron chi connectivity index (χ3n) is 2.59. The molecule has 0 saturated carbocycles. The number of nitriles is 1. The van der Waals surface area contributed by atoms with Gasteiger partial charge in [-0.3, -0.25) is 4.79 Å². The molecular formula is C11H14N2O2. The molecule has 0 aromatic rings. The maximum absolute atomic E-state index is 10.6. The summed E-state index contributed by atoms with van der Waals surface area (Å²) in [6, 6.07) is 1.19. The van der Waals surface area contributed by atoms with Crippen LogP contribution in [0.4, 0.5) is 0 Å². The van der Waals surface area contributed by atoms with Gasteiger partial charge in [-0.1, -0.05) is 19.1 Å². The number of carboxylic acid groups (broad SMARTS) is 1. The highest BCUT2D eigenvalue weighted by atomic mass is 16.4. The Labute approximate surface area is 88.7 Å². The smallest absolute Gasteiger partial charge is 0.320 e. The zero-order valence-electron chi connectivity index (χ0n) is 8.60. The molecule has 0 amide bonds. The average Bonchev–Trinajstić information content (AvgIpc) is 2.18. The Morgan fingerprint density at radius 2 is 2.53 bits per heavy atom. The van der Waals surface area contributed by atoms with Gasteiger partial charge in [0, 0.05) is 5.57 Å². The zero-order chi connectivity index (χ0) is 11.5. The highest BCUT2D eigenvalue weighted by Gasteiger charge is 2.28. The molecule has 1 aliphatic rings. The number of nitrogens with two attached hydrogens (primary N) is 1. The number of allylic oxidation sites excluding steroid dienone is 4. The summed E-state index contributed by atoms with van der Waals surface area (Å²) in [6.45, 7) is 1.94. The SMILES string of the molecule is CC1(C[C@@H](N)C(=O)O)C=CC(C#N)=CC1. The van der Waals surface area contributed by atoms with Crippen LogP contribution in [0.3, 0.4) is 0 Å². The quantitative estimate of drug-likeness (QED) is 0.726. The van der Waals surface area contributed by atoms with Gasteiger partial charge in [0.2, 0.25) is 0 Å². The van der Waals surface area contributed by atoms with Crippen LogP contribution in [0.5, 0.6) is 0 Å². The minimum absolute atomic E-state index is 0.252. The molecule has 0 spiro atoms. The Morgan fingerprint density at radius 1 is 1.87 bits per heavy atom.